The number of pyridine rings is 1. The van der Waals surface area contributed by atoms with E-state index in [1.807, 2.05) is 42.5 Å². The Morgan fingerprint density at radius 3 is 2.58 bits per heavy atom. The van der Waals surface area contributed by atoms with Gasteiger partial charge in [0.1, 0.15) is 18.4 Å². The predicted octanol–water partition coefficient (Wildman–Crippen LogP) is 3.55. The molecule has 0 saturated heterocycles. The zero-order valence-electron chi connectivity index (χ0n) is 17.2. The minimum atomic E-state index is -1.10. The Bertz CT molecular complexity index is 1010. The van der Waals surface area contributed by atoms with Crippen molar-refractivity contribution in [2.45, 2.75) is 19.1 Å². The molecule has 0 saturated carbocycles. The van der Waals surface area contributed by atoms with Crippen LogP contribution < -0.4 is 10.1 Å². The van der Waals surface area contributed by atoms with Gasteiger partial charge in [0.15, 0.2) is 0 Å². The van der Waals surface area contributed by atoms with Gasteiger partial charge in [-0.05, 0) is 41.0 Å². The molecule has 1 aromatic heterocycles. The first-order chi connectivity index (χ1) is 15.1. The molecule has 7 nitrogen and oxygen atoms in total. The second-order valence-corrected chi connectivity index (χ2v) is 6.87. The molecule has 1 amide bonds. The summed E-state index contributed by atoms with van der Waals surface area (Å²) in [5.74, 6) is -0.914. The van der Waals surface area contributed by atoms with Crippen molar-refractivity contribution in [3.8, 4) is 16.9 Å². The fourth-order valence-electron chi connectivity index (χ4n) is 3.06. The van der Waals surface area contributed by atoms with Gasteiger partial charge in [-0.3, -0.25) is 9.78 Å². The van der Waals surface area contributed by atoms with Gasteiger partial charge >= 0.3 is 5.97 Å². The number of aromatic nitrogens is 1. The summed E-state index contributed by atoms with van der Waals surface area (Å²) < 4.78 is 10.7. The third-order valence-electron chi connectivity index (χ3n) is 4.67. The lowest BCUT2D eigenvalue weighted by Gasteiger charge is -2.17. The van der Waals surface area contributed by atoms with Crippen LogP contribution in [0.3, 0.4) is 0 Å². The number of nitrogens with one attached hydrogen (secondary N) is 1. The van der Waals surface area contributed by atoms with Crippen LogP contribution in [0.2, 0.25) is 0 Å². The number of rotatable bonds is 10. The van der Waals surface area contributed by atoms with Crippen LogP contribution >= 0.6 is 0 Å². The Morgan fingerprint density at radius 2 is 1.90 bits per heavy atom. The second kappa shape index (κ2) is 10.9. The number of benzene rings is 2. The molecular weight excluding hydrogens is 396 g/mol. The van der Waals surface area contributed by atoms with Crippen molar-refractivity contribution < 1.29 is 24.2 Å². The van der Waals surface area contributed by atoms with Crippen LogP contribution in [0.15, 0.2) is 73.1 Å². The molecule has 2 N–H and O–H groups in total. The zero-order chi connectivity index (χ0) is 22.1. The third-order valence-corrected chi connectivity index (χ3v) is 4.67. The van der Waals surface area contributed by atoms with Gasteiger partial charge in [-0.15, -0.1) is 0 Å². The fraction of sp³-hybridized carbons (Fsp3) is 0.208. The first kappa shape index (κ1) is 22.0. The van der Waals surface area contributed by atoms with Gasteiger partial charge < -0.3 is 19.9 Å². The Hall–Kier alpha value is -3.71. The quantitative estimate of drug-likeness (QED) is 0.521. The van der Waals surface area contributed by atoms with Crippen molar-refractivity contribution in [2.24, 2.45) is 0 Å². The largest absolute Gasteiger partial charge is 0.487 e. The number of hydrogen-bond donors (Lipinski definition) is 2. The fourth-order valence-corrected chi connectivity index (χ4v) is 3.06. The Kier molecular flexibility index (Phi) is 7.73. The number of amides is 1. The molecule has 1 heterocycles. The molecule has 0 unspecified atom stereocenters. The lowest BCUT2D eigenvalue weighted by Crippen LogP contribution is -2.41. The van der Waals surface area contributed by atoms with E-state index in [0.717, 1.165) is 11.1 Å². The normalized spacial score (nSPS) is 11.5. The zero-order valence-corrected chi connectivity index (χ0v) is 17.2. The van der Waals surface area contributed by atoms with Crippen molar-refractivity contribution in [1.82, 2.24) is 10.3 Å². The summed E-state index contributed by atoms with van der Waals surface area (Å²) in [5.41, 5.74) is 2.80. The Balaban J connectivity index is 1.86. The van der Waals surface area contributed by atoms with Crippen LogP contribution in [-0.2, 0) is 16.1 Å². The number of hydrogen-bond acceptors (Lipinski definition) is 5. The van der Waals surface area contributed by atoms with Crippen LogP contribution in [0, 0.1) is 0 Å². The number of aliphatic carboxylic acids is 1. The molecule has 0 fully saturated rings. The molecule has 1 atom stereocenters. The third kappa shape index (κ3) is 6.13. The number of methoxy groups -OCH3 is 1. The summed E-state index contributed by atoms with van der Waals surface area (Å²) in [6, 6.07) is 17.4. The number of carboxylic acid groups (broad SMARTS) is 1. The van der Waals surface area contributed by atoms with Gasteiger partial charge in [-0.1, -0.05) is 36.4 Å². The van der Waals surface area contributed by atoms with Crippen LogP contribution in [-0.4, -0.2) is 41.7 Å². The molecule has 31 heavy (non-hydrogen) atoms. The average molecular weight is 420 g/mol. The van der Waals surface area contributed by atoms with Gasteiger partial charge in [0.25, 0.3) is 5.91 Å². The van der Waals surface area contributed by atoms with Crippen molar-refractivity contribution in [2.75, 3.05) is 13.7 Å². The van der Waals surface area contributed by atoms with E-state index in [0.29, 0.717) is 23.5 Å². The monoisotopic (exact) mass is 420 g/mol. The second-order valence-electron chi connectivity index (χ2n) is 6.87. The van der Waals surface area contributed by atoms with Gasteiger partial charge in [-0.2, -0.15) is 0 Å². The number of nitrogens with zero attached hydrogens (tertiary/aromatic N) is 1. The minimum absolute atomic E-state index is 0.176. The maximum absolute atomic E-state index is 13.0. The van der Waals surface area contributed by atoms with Crippen molar-refractivity contribution >= 4 is 11.9 Å². The lowest BCUT2D eigenvalue weighted by molar-refractivity contribution is -0.139. The molecule has 0 spiro atoms. The smallest absolute Gasteiger partial charge is 0.326 e. The number of carbonyl (C=O) groups excluding carboxylic acids is 1. The molecule has 3 aromatic rings. The van der Waals surface area contributed by atoms with E-state index in [9.17, 15) is 14.7 Å². The summed E-state index contributed by atoms with van der Waals surface area (Å²) in [4.78, 5) is 28.5. The lowest BCUT2D eigenvalue weighted by atomic mass is 9.96. The Labute approximate surface area is 180 Å². The van der Waals surface area contributed by atoms with Gasteiger partial charge in [-0.25, -0.2) is 4.79 Å². The highest BCUT2D eigenvalue weighted by atomic mass is 16.5. The molecule has 160 valence electrons. The predicted molar refractivity (Wildman–Crippen MR) is 116 cm³/mol. The average Bonchev–Trinajstić information content (AvgIpc) is 2.81. The van der Waals surface area contributed by atoms with Crippen LogP contribution in [0.1, 0.15) is 22.3 Å². The van der Waals surface area contributed by atoms with Gasteiger partial charge in [0.2, 0.25) is 0 Å². The molecule has 0 aliphatic carbocycles. The molecule has 3 rings (SSSR count). The number of carboxylic acids is 1. The molecule has 2 aromatic carbocycles. The number of ether oxygens (including phenoxy) is 2. The maximum atomic E-state index is 13.0. The maximum Gasteiger partial charge on any atom is 0.326 e. The van der Waals surface area contributed by atoms with Crippen LogP contribution in [0.5, 0.6) is 5.75 Å². The van der Waals surface area contributed by atoms with E-state index in [-0.39, 0.29) is 13.0 Å². The SMILES string of the molecule is COCC[C@H](NC(=O)c1ccc(COc2cccnc2)cc1-c1ccccc1)C(=O)O. The summed E-state index contributed by atoms with van der Waals surface area (Å²) in [5, 5.41) is 12.0. The van der Waals surface area contributed by atoms with E-state index in [2.05, 4.69) is 10.3 Å². The van der Waals surface area contributed by atoms with E-state index >= 15 is 0 Å². The molecule has 0 bridgehead atoms. The highest BCUT2D eigenvalue weighted by Gasteiger charge is 2.22. The first-order valence-corrected chi connectivity index (χ1v) is 9.82. The van der Waals surface area contributed by atoms with Crippen molar-refractivity contribution in [1.29, 1.82) is 0 Å². The summed E-state index contributed by atoms with van der Waals surface area (Å²) in [6.07, 6.45) is 3.48. The summed E-state index contributed by atoms with van der Waals surface area (Å²) >= 11 is 0. The highest BCUT2D eigenvalue weighted by Crippen LogP contribution is 2.26. The van der Waals surface area contributed by atoms with Gasteiger partial charge in [0, 0.05) is 31.9 Å². The molecule has 0 aliphatic rings. The van der Waals surface area contributed by atoms with E-state index in [1.54, 1.807) is 30.6 Å². The van der Waals surface area contributed by atoms with E-state index in [1.165, 1.54) is 7.11 Å². The van der Waals surface area contributed by atoms with Crippen LogP contribution in [0.25, 0.3) is 11.1 Å². The first-order valence-electron chi connectivity index (χ1n) is 9.82. The minimum Gasteiger partial charge on any atom is -0.487 e. The van der Waals surface area contributed by atoms with E-state index in [4.69, 9.17) is 9.47 Å². The Morgan fingerprint density at radius 1 is 1.10 bits per heavy atom. The molecular formula is C24H24N2O5. The molecule has 7 heteroatoms. The van der Waals surface area contributed by atoms with Crippen LogP contribution in [0.4, 0.5) is 0 Å². The molecule has 0 aliphatic heterocycles. The number of carbonyl (C=O) groups is 2. The summed E-state index contributed by atoms with van der Waals surface area (Å²) in [6.45, 7) is 0.534. The molecule has 0 radical (unpaired) electrons. The van der Waals surface area contributed by atoms with E-state index < -0.39 is 17.9 Å². The standard InChI is InChI=1S/C24H24N2O5/c1-30-13-11-22(24(28)29)26-23(27)20-10-9-17(16-31-19-8-5-12-25-15-19)14-21(20)18-6-3-2-4-7-18/h2-10,12,14-15,22H,11,13,16H2,1H3,(H,26,27)(H,28,29)/t22-/m0/s1. The highest BCUT2D eigenvalue weighted by molar-refractivity contribution is 6.02. The van der Waals surface area contributed by atoms with Crippen molar-refractivity contribution in [3.05, 3.63) is 84.2 Å². The van der Waals surface area contributed by atoms with Crippen molar-refractivity contribution in [3.63, 3.8) is 0 Å². The topological polar surface area (TPSA) is 97.8 Å². The van der Waals surface area contributed by atoms with Gasteiger partial charge in [0.05, 0.1) is 6.20 Å². The summed E-state index contributed by atoms with van der Waals surface area (Å²) in [7, 11) is 1.49.